The van der Waals surface area contributed by atoms with Crippen LogP contribution in [0.5, 0.6) is 0 Å². The fourth-order valence-corrected chi connectivity index (χ4v) is 3.78. The molecule has 2 amide bonds. The number of anilines is 2. The van der Waals surface area contributed by atoms with E-state index in [1.54, 1.807) is 0 Å². The van der Waals surface area contributed by atoms with Gasteiger partial charge in [0.05, 0.1) is 12.2 Å². The Labute approximate surface area is 178 Å². The van der Waals surface area contributed by atoms with E-state index in [1.807, 2.05) is 35.2 Å². The van der Waals surface area contributed by atoms with Crippen LogP contribution in [0.4, 0.5) is 11.4 Å². The molecule has 1 aliphatic heterocycles. The minimum atomic E-state index is -0.0843. The fraction of sp³-hybridized carbons (Fsp3) is 0.478. The maximum Gasteiger partial charge on any atom is 0.258 e. The van der Waals surface area contributed by atoms with Crippen LogP contribution in [0.2, 0.25) is 0 Å². The lowest BCUT2D eigenvalue weighted by Gasteiger charge is -2.17. The average Bonchev–Trinajstić information content (AvgIpc) is 3.03. The summed E-state index contributed by atoms with van der Waals surface area (Å²) in [7, 11) is 0. The summed E-state index contributed by atoms with van der Waals surface area (Å²) in [6, 6.07) is 9.57. The zero-order valence-corrected chi connectivity index (χ0v) is 17.8. The topological polar surface area (TPSA) is 99.5 Å². The van der Waals surface area contributed by atoms with Crippen LogP contribution in [0.1, 0.15) is 43.0 Å². The molecule has 0 atom stereocenters. The van der Waals surface area contributed by atoms with Gasteiger partial charge in [-0.2, -0.15) is 0 Å². The minimum Gasteiger partial charge on any atom is -0.330 e. The van der Waals surface area contributed by atoms with Crippen molar-refractivity contribution in [3.63, 3.8) is 0 Å². The van der Waals surface area contributed by atoms with Crippen molar-refractivity contribution in [2.45, 2.75) is 32.6 Å². The smallest absolute Gasteiger partial charge is 0.258 e. The van der Waals surface area contributed by atoms with Crippen LogP contribution in [-0.4, -0.2) is 51.1 Å². The summed E-state index contributed by atoms with van der Waals surface area (Å²) in [4.78, 5) is 27.1. The van der Waals surface area contributed by atoms with Crippen molar-refractivity contribution in [2.24, 2.45) is 5.73 Å². The minimum absolute atomic E-state index is 0.0502. The van der Waals surface area contributed by atoms with E-state index in [9.17, 15) is 9.59 Å². The third-order valence-electron chi connectivity index (χ3n) is 5.34. The predicted octanol–water partition coefficient (Wildman–Crippen LogP) is 2.46. The van der Waals surface area contributed by atoms with Crippen LogP contribution in [0.15, 0.2) is 30.3 Å². The molecular weight excluding hydrogens is 378 g/mol. The molecule has 3 rings (SSSR count). The Balaban J connectivity index is 1.58. The van der Waals surface area contributed by atoms with Crippen LogP contribution in [0.3, 0.4) is 0 Å². The molecule has 1 aliphatic rings. The maximum atomic E-state index is 12.8. The first-order chi connectivity index (χ1) is 14.7. The highest BCUT2D eigenvalue weighted by Gasteiger charge is 2.30. The Morgan fingerprint density at radius 2 is 1.83 bits per heavy atom. The van der Waals surface area contributed by atoms with Gasteiger partial charge in [-0.15, -0.1) is 0 Å². The standard InChI is InChI=1S/C23H33N5O2/c1-2-3-15-28-20-10-9-19(17-7-4-8-18(22(17)20)23(28)30)27-21(29)16-26-14-6-13-25-12-5-11-24/h4,7-10,25-26H,2-3,5-6,11-16,24H2,1H3,(H,27,29). The van der Waals surface area contributed by atoms with Crippen LogP contribution >= 0.6 is 0 Å². The number of hydrogen-bond donors (Lipinski definition) is 4. The van der Waals surface area contributed by atoms with E-state index in [0.29, 0.717) is 6.54 Å². The number of carbonyl (C=O) groups excluding carboxylic acids is 2. The van der Waals surface area contributed by atoms with Crippen molar-refractivity contribution in [1.29, 1.82) is 0 Å². The van der Waals surface area contributed by atoms with Gasteiger partial charge in [-0.1, -0.05) is 25.5 Å². The first-order valence-electron chi connectivity index (χ1n) is 11.0. The largest absolute Gasteiger partial charge is 0.330 e. The van der Waals surface area contributed by atoms with E-state index in [0.717, 1.165) is 79.6 Å². The third-order valence-corrected chi connectivity index (χ3v) is 5.34. The molecule has 0 saturated heterocycles. The van der Waals surface area contributed by atoms with Crippen LogP contribution in [-0.2, 0) is 4.79 Å². The monoisotopic (exact) mass is 411 g/mol. The molecule has 0 aliphatic carbocycles. The predicted molar refractivity (Wildman–Crippen MR) is 123 cm³/mol. The number of hydrogen-bond acceptors (Lipinski definition) is 5. The molecule has 7 nitrogen and oxygen atoms in total. The van der Waals surface area contributed by atoms with E-state index >= 15 is 0 Å². The molecule has 2 aromatic carbocycles. The molecule has 0 aromatic heterocycles. The number of nitrogens with zero attached hydrogens (tertiary/aromatic N) is 1. The van der Waals surface area contributed by atoms with E-state index in [-0.39, 0.29) is 18.4 Å². The first-order valence-corrected chi connectivity index (χ1v) is 11.0. The molecule has 0 unspecified atom stereocenters. The maximum absolute atomic E-state index is 12.8. The Hall–Kier alpha value is -2.48. The van der Waals surface area contributed by atoms with Gasteiger partial charge < -0.3 is 26.6 Å². The zero-order valence-electron chi connectivity index (χ0n) is 17.8. The summed E-state index contributed by atoms with van der Waals surface area (Å²) in [6.07, 6.45) is 3.93. The van der Waals surface area contributed by atoms with Gasteiger partial charge in [0.25, 0.3) is 5.91 Å². The van der Waals surface area contributed by atoms with Gasteiger partial charge >= 0.3 is 0 Å². The van der Waals surface area contributed by atoms with Crippen molar-refractivity contribution in [2.75, 3.05) is 49.5 Å². The van der Waals surface area contributed by atoms with Gasteiger partial charge in [0.1, 0.15) is 0 Å². The highest BCUT2D eigenvalue weighted by atomic mass is 16.2. The van der Waals surface area contributed by atoms with Crippen molar-refractivity contribution in [3.05, 3.63) is 35.9 Å². The number of nitrogens with two attached hydrogens (primary N) is 1. The lowest BCUT2D eigenvalue weighted by atomic mass is 10.0. The second-order valence-corrected chi connectivity index (χ2v) is 7.64. The second kappa shape index (κ2) is 11.1. The molecule has 0 fully saturated rings. The van der Waals surface area contributed by atoms with Crippen molar-refractivity contribution in [3.8, 4) is 0 Å². The zero-order chi connectivity index (χ0) is 21.3. The van der Waals surface area contributed by atoms with Gasteiger partial charge in [0, 0.05) is 28.6 Å². The molecule has 2 aromatic rings. The molecular formula is C23H33N5O2. The van der Waals surface area contributed by atoms with Gasteiger partial charge in [0.15, 0.2) is 0 Å². The lowest BCUT2D eigenvalue weighted by Crippen LogP contribution is -2.30. The third kappa shape index (κ3) is 5.16. The SMILES string of the molecule is CCCCN1C(=O)c2cccc3c(NC(=O)CNCCCNCCCN)ccc1c23. The van der Waals surface area contributed by atoms with Gasteiger partial charge in [-0.05, 0) is 63.6 Å². The van der Waals surface area contributed by atoms with Crippen molar-refractivity contribution in [1.82, 2.24) is 10.6 Å². The molecule has 7 heteroatoms. The molecule has 0 bridgehead atoms. The van der Waals surface area contributed by atoms with Crippen molar-refractivity contribution >= 4 is 34.0 Å². The summed E-state index contributed by atoms with van der Waals surface area (Å²) < 4.78 is 0. The van der Waals surface area contributed by atoms with Gasteiger partial charge in [-0.25, -0.2) is 0 Å². The van der Waals surface area contributed by atoms with E-state index in [4.69, 9.17) is 5.73 Å². The summed E-state index contributed by atoms with van der Waals surface area (Å²) in [6.45, 7) is 6.41. The Morgan fingerprint density at radius 1 is 1.03 bits per heavy atom. The number of rotatable bonds is 13. The van der Waals surface area contributed by atoms with E-state index < -0.39 is 0 Å². The molecule has 5 N–H and O–H groups in total. The summed E-state index contributed by atoms with van der Waals surface area (Å²) in [5.74, 6) is -0.0341. The lowest BCUT2D eigenvalue weighted by molar-refractivity contribution is -0.115. The molecule has 0 spiro atoms. The number of carbonyl (C=O) groups is 2. The fourth-order valence-electron chi connectivity index (χ4n) is 3.78. The molecule has 1 heterocycles. The van der Waals surface area contributed by atoms with Crippen LogP contribution in [0, 0.1) is 0 Å². The quantitative estimate of drug-likeness (QED) is 0.380. The molecule has 0 radical (unpaired) electrons. The Bertz CT molecular complexity index is 883. The second-order valence-electron chi connectivity index (χ2n) is 7.64. The van der Waals surface area contributed by atoms with E-state index in [2.05, 4.69) is 22.9 Å². The first kappa shape index (κ1) is 22.2. The summed E-state index contributed by atoms with van der Waals surface area (Å²) in [5.41, 5.74) is 7.86. The average molecular weight is 412 g/mol. The highest BCUT2D eigenvalue weighted by Crippen LogP contribution is 2.40. The summed E-state index contributed by atoms with van der Waals surface area (Å²) in [5, 5.41) is 11.3. The number of unbranched alkanes of at least 4 members (excludes halogenated alkanes) is 1. The highest BCUT2D eigenvalue weighted by molar-refractivity contribution is 6.27. The van der Waals surface area contributed by atoms with Crippen molar-refractivity contribution < 1.29 is 9.59 Å². The number of benzene rings is 2. The number of amides is 2. The Morgan fingerprint density at radius 3 is 2.63 bits per heavy atom. The van der Waals surface area contributed by atoms with Crippen LogP contribution in [0.25, 0.3) is 10.8 Å². The Kier molecular flexibility index (Phi) is 8.19. The normalized spacial score (nSPS) is 12.7. The van der Waals surface area contributed by atoms with Crippen LogP contribution < -0.4 is 26.6 Å². The molecule has 0 saturated carbocycles. The van der Waals surface area contributed by atoms with Gasteiger partial charge in [-0.3, -0.25) is 9.59 Å². The van der Waals surface area contributed by atoms with Gasteiger partial charge in [0.2, 0.25) is 5.91 Å². The molecule has 162 valence electrons. The summed E-state index contributed by atoms with van der Waals surface area (Å²) >= 11 is 0. The molecule has 30 heavy (non-hydrogen) atoms. The number of nitrogens with one attached hydrogen (secondary N) is 3. The van der Waals surface area contributed by atoms with E-state index in [1.165, 1.54) is 0 Å².